The Morgan fingerprint density at radius 1 is 1.22 bits per heavy atom. The third-order valence-corrected chi connectivity index (χ3v) is 3.29. The molecule has 7 nitrogen and oxygen atoms in total. The van der Waals surface area contributed by atoms with Crippen LogP contribution in [0.3, 0.4) is 0 Å². The van der Waals surface area contributed by atoms with Crippen molar-refractivity contribution >= 4 is 28.3 Å². The Bertz CT molecular complexity index is 752. The van der Waals surface area contributed by atoms with Crippen LogP contribution in [0.15, 0.2) is 53.5 Å². The second-order valence-corrected chi connectivity index (χ2v) is 5.00. The number of nitriles is 1. The highest BCUT2D eigenvalue weighted by molar-refractivity contribution is 8.13. The van der Waals surface area contributed by atoms with Gasteiger partial charge in [0.25, 0.3) is 5.69 Å². The second kappa shape index (κ2) is 7.82. The van der Waals surface area contributed by atoms with Gasteiger partial charge in [0.2, 0.25) is 0 Å². The molecule has 0 aliphatic carbocycles. The molecule has 0 atom stereocenters. The number of nitro benzene ring substituents is 1. The quantitative estimate of drug-likeness (QED) is 0.229. The molecule has 2 aromatic carbocycles. The predicted molar refractivity (Wildman–Crippen MR) is 89.0 cm³/mol. The molecular formula is C15H12N4O3S. The van der Waals surface area contributed by atoms with E-state index >= 15 is 0 Å². The van der Waals surface area contributed by atoms with Crippen LogP contribution in [0, 0.1) is 21.6 Å². The van der Waals surface area contributed by atoms with Gasteiger partial charge in [-0.2, -0.15) is 5.26 Å². The van der Waals surface area contributed by atoms with E-state index in [9.17, 15) is 10.1 Å². The van der Waals surface area contributed by atoms with E-state index in [2.05, 4.69) is 10.3 Å². The minimum absolute atomic E-state index is 0.0108. The third kappa shape index (κ3) is 4.72. The number of aliphatic imine (C=N–C) groups is 1. The van der Waals surface area contributed by atoms with Gasteiger partial charge in [-0.3, -0.25) is 15.4 Å². The minimum atomic E-state index is -0.463. The van der Waals surface area contributed by atoms with E-state index in [0.29, 0.717) is 22.4 Å². The molecule has 0 aliphatic heterocycles. The molecule has 0 fully saturated rings. The number of amidine groups is 1. The van der Waals surface area contributed by atoms with E-state index in [1.165, 1.54) is 36.0 Å². The number of hydrogen-bond acceptors (Lipinski definition) is 6. The monoisotopic (exact) mass is 328 g/mol. The number of non-ortho nitro benzene ring substituents is 1. The first-order valence-electron chi connectivity index (χ1n) is 6.42. The summed E-state index contributed by atoms with van der Waals surface area (Å²) in [7, 11) is 0. The predicted octanol–water partition coefficient (Wildman–Crippen LogP) is 3.81. The number of nitro groups is 1. The van der Waals surface area contributed by atoms with E-state index in [1.54, 1.807) is 24.3 Å². The molecule has 0 saturated heterocycles. The highest BCUT2D eigenvalue weighted by atomic mass is 32.2. The molecule has 0 heterocycles. The fourth-order valence-corrected chi connectivity index (χ4v) is 1.99. The van der Waals surface area contributed by atoms with Crippen LogP contribution in [-0.2, 0) is 0 Å². The summed E-state index contributed by atoms with van der Waals surface area (Å²) in [4.78, 5) is 14.4. The second-order valence-electron chi connectivity index (χ2n) is 4.20. The van der Waals surface area contributed by atoms with Crippen molar-refractivity contribution in [3.8, 4) is 17.7 Å². The Hall–Kier alpha value is -3.05. The number of nitrogens with one attached hydrogen (secondary N) is 1. The fraction of sp³-hybridized carbons (Fsp3) is 0.0667. The van der Waals surface area contributed by atoms with Crippen LogP contribution in [0.1, 0.15) is 0 Å². The largest absolute Gasteiger partial charge is 0.457 e. The molecular weight excluding hydrogens is 316 g/mol. The lowest BCUT2D eigenvalue weighted by molar-refractivity contribution is -0.384. The normalized spacial score (nSPS) is 10.7. The van der Waals surface area contributed by atoms with Crippen molar-refractivity contribution in [2.75, 3.05) is 6.26 Å². The van der Waals surface area contributed by atoms with Crippen molar-refractivity contribution in [3.63, 3.8) is 0 Å². The summed E-state index contributed by atoms with van der Waals surface area (Å²) in [5.74, 6) is 1.08. The van der Waals surface area contributed by atoms with E-state index in [0.717, 1.165) is 0 Å². The van der Waals surface area contributed by atoms with Crippen molar-refractivity contribution in [1.82, 2.24) is 5.32 Å². The van der Waals surface area contributed by atoms with Crippen LogP contribution in [0.5, 0.6) is 11.5 Å². The summed E-state index contributed by atoms with van der Waals surface area (Å²) in [6.45, 7) is 0. The summed E-state index contributed by atoms with van der Waals surface area (Å²) >= 11 is 1.33. The number of rotatable bonds is 4. The number of thioether (sulfide) groups is 1. The summed E-state index contributed by atoms with van der Waals surface area (Å²) in [6.07, 6.45) is 3.64. The number of ether oxygens (including phenoxy) is 1. The third-order valence-electron chi connectivity index (χ3n) is 2.71. The van der Waals surface area contributed by atoms with Crippen molar-refractivity contribution in [2.24, 2.45) is 4.99 Å². The van der Waals surface area contributed by atoms with Gasteiger partial charge in [-0.15, -0.1) is 0 Å². The lowest BCUT2D eigenvalue weighted by Crippen LogP contribution is -2.12. The van der Waals surface area contributed by atoms with Crippen LogP contribution in [0.4, 0.5) is 11.4 Å². The number of benzene rings is 2. The van der Waals surface area contributed by atoms with Crippen LogP contribution in [-0.4, -0.2) is 16.3 Å². The Balaban J connectivity index is 2.08. The summed E-state index contributed by atoms with van der Waals surface area (Å²) < 4.78 is 5.60. The maximum atomic E-state index is 10.6. The topological polar surface area (TPSA) is 101 Å². The van der Waals surface area contributed by atoms with E-state index in [-0.39, 0.29) is 5.69 Å². The first-order chi connectivity index (χ1) is 11.1. The van der Waals surface area contributed by atoms with Crippen LogP contribution >= 0.6 is 11.8 Å². The van der Waals surface area contributed by atoms with Gasteiger partial charge >= 0.3 is 0 Å². The molecule has 1 N–H and O–H groups in total. The molecule has 8 heteroatoms. The minimum Gasteiger partial charge on any atom is -0.457 e. The van der Waals surface area contributed by atoms with Crippen molar-refractivity contribution in [1.29, 1.82) is 5.26 Å². The fourth-order valence-electron chi connectivity index (χ4n) is 1.65. The number of hydrogen-bond donors (Lipinski definition) is 1. The molecule has 2 rings (SSSR count). The zero-order valence-electron chi connectivity index (χ0n) is 12.1. The average molecular weight is 328 g/mol. The van der Waals surface area contributed by atoms with E-state index < -0.39 is 4.92 Å². The van der Waals surface area contributed by atoms with Crippen molar-refractivity contribution in [3.05, 3.63) is 58.6 Å². The molecule has 0 bridgehead atoms. The first kappa shape index (κ1) is 16.3. The average Bonchev–Trinajstić information content (AvgIpc) is 2.56. The molecule has 116 valence electrons. The first-order valence-corrected chi connectivity index (χ1v) is 7.65. The summed E-state index contributed by atoms with van der Waals surface area (Å²) in [6, 6.07) is 12.8. The van der Waals surface area contributed by atoms with Crippen LogP contribution < -0.4 is 10.1 Å². The van der Waals surface area contributed by atoms with Gasteiger partial charge in [-0.1, -0.05) is 11.8 Å². The maximum absolute atomic E-state index is 10.6. The molecule has 23 heavy (non-hydrogen) atoms. The van der Waals surface area contributed by atoms with Crippen molar-refractivity contribution in [2.45, 2.75) is 0 Å². The lowest BCUT2D eigenvalue weighted by atomic mass is 10.3. The Morgan fingerprint density at radius 2 is 1.78 bits per heavy atom. The van der Waals surface area contributed by atoms with Crippen LogP contribution in [0.2, 0.25) is 0 Å². The smallest absolute Gasteiger partial charge is 0.269 e. The number of nitrogens with zero attached hydrogens (tertiary/aromatic N) is 3. The SMILES string of the molecule is CSC(=Nc1ccc(Oc2ccc([N+](=O)[O-])cc2)cc1)NC#N. The highest BCUT2D eigenvalue weighted by Gasteiger charge is 2.05. The van der Waals surface area contributed by atoms with Gasteiger partial charge in [-0.05, 0) is 42.7 Å². The van der Waals surface area contributed by atoms with E-state index in [1.807, 2.05) is 12.4 Å². The molecule has 0 unspecified atom stereocenters. The molecule has 0 aromatic heterocycles. The summed E-state index contributed by atoms with van der Waals surface area (Å²) in [5.41, 5.74) is 0.685. The van der Waals surface area contributed by atoms with Gasteiger partial charge in [0.1, 0.15) is 11.5 Å². The van der Waals surface area contributed by atoms with Crippen LogP contribution in [0.25, 0.3) is 0 Å². The molecule has 2 aromatic rings. The van der Waals surface area contributed by atoms with Gasteiger partial charge in [0.15, 0.2) is 11.4 Å². The summed E-state index contributed by atoms with van der Waals surface area (Å²) in [5, 5.41) is 22.2. The van der Waals surface area contributed by atoms with Gasteiger partial charge < -0.3 is 4.74 Å². The Labute approximate surface area is 136 Å². The zero-order valence-corrected chi connectivity index (χ0v) is 12.9. The van der Waals surface area contributed by atoms with Crippen molar-refractivity contribution < 1.29 is 9.66 Å². The molecule has 0 spiro atoms. The zero-order chi connectivity index (χ0) is 16.7. The molecule has 0 saturated carbocycles. The Morgan fingerprint density at radius 3 is 2.26 bits per heavy atom. The van der Waals surface area contributed by atoms with Gasteiger partial charge in [0, 0.05) is 12.1 Å². The molecule has 0 radical (unpaired) electrons. The highest BCUT2D eigenvalue weighted by Crippen LogP contribution is 2.26. The lowest BCUT2D eigenvalue weighted by Gasteiger charge is -2.06. The Kier molecular flexibility index (Phi) is 5.55. The maximum Gasteiger partial charge on any atom is 0.269 e. The van der Waals surface area contributed by atoms with Gasteiger partial charge in [-0.25, -0.2) is 4.99 Å². The molecule has 0 amide bonds. The van der Waals surface area contributed by atoms with Gasteiger partial charge in [0.05, 0.1) is 10.6 Å². The molecule has 0 aliphatic rings. The van der Waals surface area contributed by atoms with E-state index in [4.69, 9.17) is 10.00 Å². The standard InChI is InChI=1S/C15H12N4O3S/c1-23-15(17-10-16)18-11-2-6-13(7-3-11)22-14-8-4-12(5-9-14)19(20)21/h2-9H,1H3,(H,17,18).